The minimum atomic E-state index is -0.753. The number of hydrogen-bond acceptors (Lipinski definition) is 1. The highest BCUT2D eigenvalue weighted by molar-refractivity contribution is 5.70. The van der Waals surface area contributed by atoms with Crippen LogP contribution in [-0.4, -0.2) is 17.1 Å². The molecule has 3 nitrogen and oxygen atoms in total. The molecule has 0 aliphatic carbocycles. The lowest BCUT2D eigenvalue weighted by molar-refractivity contribution is -0.429. The molecule has 0 unspecified atom stereocenters. The predicted molar refractivity (Wildman–Crippen MR) is 33.8 cm³/mol. The monoisotopic (exact) mass is 132 g/mol. The molecule has 4 N–H and O–H groups in total. The highest BCUT2D eigenvalue weighted by atomic mass is 16.4. The second kappa shape index (κ2) is 3.45. The zero-order valence-corrected chi connectivity index (χ0v) is 5.92. The summed E-state index contributed by atoms with van der Waals surface area (Å²) >= 11 is 0. The minimum absolute atomic E-state index is 0.0440. The molecule has 0 aliphatic rings. The fourth-order valence-corrected chi connectivity index (χ4v) is 0.555. The topological polar surface area (TPSA) is 64.9 Å². The van der Waals surface area contributed by atoms with Crippen LogP contribution in [-0.2, 0) is 4.79 Å². The van der Waals surface area contributed by atoms with Gasteiger partial charge in [0.15, 0.2) is 0 Å². The van der Waals surface area contributed by atoms with E-state index in [-0.39, 0.29) is 12.0 Å². The fraction of sp³-hybridized carbons (Fsp3) is 0.833. The third-order valence-corrected chi connectivity index (χ3v) is 1.62. The van der Waals surface area contributed by atoms with Crippen molar-refractivity contribution >= 4 is 5.97 Å². The maximum absolute atomic E-state index is 10.3. The van der Waals surface area contributed by atoms with Gasteiger partial charge in [0.25, 0.3) is 0 Å². The van der Waals surface area contributed by atoms with Crippen molar-refractivity contribution in [3.8, 4) is 0 Å². The van der Waals surface area contributed by atoms with Crippen LogP contribution in [0.5, 0.6) is 0 Å². The van der Waals surface area contributed by atoms with Crippen LogP contribution in [0.15, 0.2) is 0 Å². The maximum atomic E-state index is 10.3. The van der Waals surface area contributed by atoms with Gasteiger partial charge in [-0.1, -0.05) is 6.92 Å². The Morgan fingerprint density at radius 2 is 2.22 bits per heavy atom. The summed E-state index contributed by atoms with van der Waals surface area (Å²) in [6.45, 7) is 3.63. The first-order valence-electron chi connectivity index (χ1n) is 3.15. The van der Waals surface area contributed by atoms with Crippen molar-refractivity contribution in [2.75, 3.05) is 0 Å². The molecule has 0 aliphatic heterocycles. The van der Waals surface area contributed by atoms with Gasteiger partial charge < -0.3 is 10.8 Å². The minimum Gasteiger partial charge on any atom is -0.481 e. The number of quaternary nitrogens is 1. The van der Waals surface area contributed by atoms with Crippen LogP contribution in [0, 0.1) is 5.92 Å². The Kier molecular flexibility index (Phi) is 3.24. The molecule has 0 saturated carbocycles. The molecule has 3 heteroatoms. The van der Waals surface area contributed by atoms with E-state index in [9.17, 15) is 4.79 Å². The number of aliphatic carboxylic acids is 1. The van der Waals surface area contributed by atoms with Crippen molar-refractivity contribution in [1.29, 1.82) is 0 Å². The van der Waals surface area contributed by atoms with Gasteiger partial charge in [0, 0.05) is 0 Å². The third kappa shape index (κ3) is 2.46. The highest BCUT2D eigenvalue weighted by Gasteiger charge is 2.20. The molecule has 0 saturated heterocycles. The van der Waals surface area contributed by atoms with Crippen molar-refractivity contribution in [3.63, 3.8) is 0 Å². The Morgan fingerprint density at radius 1 is 1.78 bits per heavy atom. The number of rotatable bonds is 3. The van der Waals surface area contributed by atoms with Crippen molar-refractivity contribution in [2.24, 2.45) is 5.92 Å². The summed E-state index contributed by atoms with van der Waals surface area (Å²) in [6, 6.07) is 0.0440. The van der Waals surface area contributed by atoms with E-state index in [1.165, 1.54) is 0 Å². The molecule has 0 rings (SSSR count). The molecule has 0 heterocycles. The summed E-state index contributed by atoms with van der Waals surface area (Å²) < 4.78 is 0. The molecule has 0 aromatic heterocycles. The lowest BCUT2D eigenvalue weighted by atomic mass is 10.0. The van der Waals surface area contributed by atoms with Gasteiger partial charge in [-0.05, 0) is 13.3 Å². The Hall–Kier alpha value is -0.570. The molecule has 0 bridgehead atoms. The SMILES string of the molecule is CC[C@H]([NH3+])[C@@H](C)C(=O)O. The second-order valence-corrected chi connectivity index (χ2v) is 2.30. The van der Waals surface area contributed by atoms with Gasteiger partial charge in [0.2, 0.25) is 0 Å². The average molecular weight is 132 g/mol. The first-order valence-corrected chi connectivity index (χ1v) is 3.15. The summed E-state index contributed by atoms with van der Waals surface area (Å²) in [4.78, 5) is 10.3. The molecule has 54 valence electrons. The number of hydrogen-bond donors (Lipinski definition) is 2. The van der Waals surface area contributed by atoms with Crippen LogP contribution in [0.4, 0.5) is 0 Å². The normalized spacial score (nSPS) is 16.8. The molecular formula is C6H14NO2+. The van der Waals surface area contributed by atoms with Gasteiger partial charge in [-0.15, -0.1) is 0 Å². The van der Waals surface area contributed by atoms with E-state index in [0.29, 0.717) is 0 Å². The average Bonchev–Trinajstić information content (AvgIpc) is 1.84. The summed E-state index contributed by atoms with van der Waals surface area (Å²) in [5.74, 6) is -1.06. The van der Waals surface area contributed by atoms with Crippen molar-refractivity contribution in [2.45, 2.75) is 26.3 Å². The number of carbonyl (C=O) groups is 1. The lowest BCUT2D eigenvalue weighted by Crippen LogP contribution is -2.64. The summed E-state index contributed by atoms with van der Waals surface area (Å²) in [6.07, 6.45) is 0.827. The Morgan fingerprint density at radius 3 is 2.33 bits per heavy atom. The Labute approximate surface area is 54.9 Å². The predicted octanol–water partition coefficient (Wildman–Crippen LogP) is -0.272. The van der Waals surface area contributed by atoms with E-state index in [2.05, 4.69) is 5.73 Å². The van der Waals surface area contributed by atoms with Crippen LogP contribution in [0.2, 0.25) is 0 Å². The van der Waals surface area contributed by atoms with E-state index >= 15 is 0 Å². The van der Waals surface area contributed by atoms with Crippen molar-refractivity contribution < 1.29 is 15.6 Å². The molecule has 9 heavy (non-hydrogen) atoms. The maximum Gasteiger partial charge on any atom is 0.312 e. The molecule has 0 amide bonds. The Bertz CT molecular complexity index is 103. The van der Waals surface area contributed by atoms with E-state index in [4.69, 9.17) is 5.11 Å². The molecule has 0 aromatic carbocycles. The third-order valence-electron chi connectivity index (χ3n) is 1.62. The van der Waals surface area contributed by atoms with Crippen LogP contribution >= 0.6 is 0 Å². The molecule has 0 fully saturated rings. The molecular weight excluding hydrogens is 118 g/mol. The smallest absolute Gasteiger partial charge is 0.312 e. The highest BCUT2D eigenvalue weighted by Crippen LogP contribution is 2.00. The number of carboxylic acid groups (broad SMARTS) is 1. The lowest BCUT2D eigenvalue weighted by Gasteiger charge is -2.08. The van der Waals surface area contributed by atoms with Crippen LogP contribution in [0.3, 0.4) is 0 Å². The van der Waals surface area contributed by atoms with Gasteiger partial charge in [0.1, 0.15) is 5.92 Å². The molecule has 0 spiro atoms. The van der Waals surface area contributed by atoms with Gasteiger partial charge in [-0.2, -0.15) is 0 Å². The molecule has 0 radical (unpaired) electrons. The first-order chi connectivity index (χ1) is 4.09. The van der Waals surface area contributed by atoms with Gasteiger partial charge in [0.05, 0.1) is 6.04 Å². The summed E-state index contributed by atoms with van der Waals surface area (Å²) in [5.41, 5.74) is 3.70. The van der Waals surface area contributed by atoms with Gasteiger partial charge >= 0.3 is 5.97 Å². The largest absolute Gasteiger partial charge is 0.481 e. The zero-order valence-electron chi connectivity index (χ0n) is 5.92. The van der Waals surface area contributed by atoms with E-state index in [1.807, 2.05) is 6.92 Å². The van der Waals surface area contributed by atoms with Crippen molar-refractivity contribution in [3.05, 3.63) is 0 Å². The van der Waals surface area contributed by atoms with Crippen molar-refractivity contribution in [1.82, 2.24) is 0 Å². The van der Waals surface area contributed by atoms with Crippen LogP contribution in [0.25, 0.3) is 0 Å². The molecule has 2 atom stereocenters. The van der Waals surface area contributed by atoms with Crippen LogP contribution in [0.1, 0.15) is 20.3 Å². The zero-order chi connectivity index (χ0) is 7.44. The fourth-order valence-electron chi connectivity index (χ4n) is 0.555. The quantitative estimate of drug-likeness (QED) is 0.555. The van der Waals surface area contributed by atoms with Gasteiger partial charge in [-0.3, -0.25) is 4.79 Å². The first kappa shape index (κ1) is 8.43. The number of carboxylic acids is 1. The second-order valence-electron chi connectivity index (χ2n) is 2.30. The molecule has 0 aromatic rings. The Balaban J connectivity index is 3.72. The van der Waals surface area contributed by atoms with Crippen LogP contribution < -0.4 is 5.73 Å². The summed E-state index contributed by atoms with van der Waals surface area (Å²) in [7, 11) is 0. The summed E-state index contributed by atoms with van der Waals surface area (Å²) in [5, 5.41) is 8.44. The van der Waals surface area contributed by atoms with Gasteiger partial charge in [-0.25, -0.2) is 0 Å². The van der Waals surface area contributed by atoms with E-state index in [1.54, 1.807) is 6.92 Å². The van der Waals surface area contributed by atoms with E-state index < -0.39 is 5.97 Å². The van der Waals surface area contributed by atoms with E-state index in [0.717, 1.165) is 6.42 Å². The standard InChI is InChI=1S/C6H13NO2/c1-3-5(7)4(2)6(8)9/h4-5H,3,7H2,1-2H3,(H,8,9)/p+1/t4-,5+/m1/s1.